The van der Waals surface area contributed by atoms with Gasteiger partial charge in [0.2, 0.25) is 0 Å². The number of nitrogens with zero attached hydrogens (tertiary/aromatic N) is 1. The van der Waals surface area contributed by atoms with E-state index >= 15 is 0 Å². The number of carbonyl (C=O) groups excluding carboxylic acids is 1. The number of ether oxygens (including phenoxy) is 2. The molecule has 0 aromatic rings. The summed E-state index contributed by atoms with van der Waals surface area (Å²) in [5.41, 5.74) is 0. The smallest absolute Gasteiger partial charge is 0.457 e. The Labute approximate surface area is 387 Å². The van der Waals surface area contributed by atoms with Crippen molar-refractivity contribution in [3.05, 3.63) is 97.2 Å². The van der Waals surface area contributed by atoms with Gasteiger partial charge in [-0.3, -0.25) is 13.8 Å². The average molecular weight is 901 g/mol. The molecule has 0 saturated heterocycles. The van der Waals surface area contributed by atoms with Crippen molar-refractivity contribution < 1.29 is 37.3 Å². The number of hydrogen-bond donors (Lipinski definition) is 1. The lowest BCUT2D eigenvalue weighted by molar-refractivity contribution is -0.870. The van der Waals surface area contributed by atoms with Crippen LogP contribution < -0.4 is 0 Å². The van der Waals surface area contributed by atoms with Crippen molar-refractivity contribution in [1.29, 1.82) is 0 Å². The van der Waals surface area contributed by atoms with Gasteiger partial charge in [0.05, 0.1) is 40.8 Å². The maximum Gasteiger partial charge on any atom is 0.472 e. The predicted octanol–water partition coefficient (Wildman–Crippen LogP) is 15.4. The minimum atomic E-state index is -4.31. The Bertz CT molecular complexity index is 1320. The molecule has 0 saturated carbocycles. The zero-order valence-corrected chi connectivity index (χ0v) is 41.9. The van der Waals surface area contributed by atoms with E-state index in [2.05, 4.69) is 98.9 Å². The molecule has 9 heteroatoms. The van der Waals surface area contributed by atoms with E-state index in [9.17, 15) is 14.3 Å². The summed E-state index contributed by atoms with van der Waals surface area (Å²) >= 11 is 0. The van der Waals surface area contributed by atoms with Crippen LogP contribution in [-0.4, -0.2) is 75.6 Å². The second-order valence-corrected chi connectivity index (χ2v) is 18.9. The third-order valence-electron chi connectivity index (χ3n) is 10.2. The molecule has 0 aromatic carbocycles. The standard InChI is InChI=1S/C54H94NO7P/c1-6-8-10-12-14-16-18-20-22-23-24-25-26-27-28-29-30-31-32-34-36-38-40-42-44-46-49-59-51-53(52-61-63(57,58)60-50-48-55(3,4)5)62-54(56)47-45-43-41-39-37-35-33-21-19-17-15-13-11-9-7-2/h9,11,15,17-18,20-21,23-24,26-27,33,37,39,43,45,53H,6-8,10,12-14,16,19,22,25,28-32,34-36,38,40-42,44,46-52H2,1-5H3/p+1/b11-9-,17-15-,20-18-,24-23-,27-26-,33-21-,39-37-,45-43-. The Morgan fingerprint density at radius 2 is 0.921 bits per heavy atom. The number of phosphoric ester groups is 1. The summed E-state index contributed by atoms with van der Waals surface area (Å²) in [4.78, 5) is 22.9. The van der Waals surface area contributed by atoms with E-state index in [0.29, 0.717) is 24.1 Å². The Balaban J connectivity index is 4.21. The molecule has 0 aliphatic heterocycles. The molecule has 2 atom stereocenters. The Morgan fingerprint density at radius 3 is 1.38 bits per heavy atom. The van der Waals surface area contributed by atoms with E-state index in [0.717, 1.165) is 51.4 Å². The van der Waals surface area contributed by atoms with E-state index in [1.165, 1.54) is 103 Å². The maximum atomic E-state index is 12.7. The van der Waals surface area contributed by atoms with Gasteiger partial charge in [-0.05, 0) is 77.0 Å². The molecule has 1 N–H and O–H groups in total. The van der Waals surface area contributed by atoms with Gasteiger partial charge in [-0.1, -0.05) is 195 Å². The number of phosphoric acid groups is 1. The number of carbonyl (C=O) groups is 1. The van der Waals surface area contributed by atoms with Gasteiger partial charge < -0.3 is 18.9 Å². The van der Waals surface area contributed by atoms with Gasteiger partial charge >= 0.3 is 13.8 Å². The van der Waals surface area contributed by atoms with Crippen LogP contribution in [0.1, 0.15) is 181 Å². The van der Waals surface area contributed by atoms with Crippen LogP contribution in [0.25, 0.3) is 0 Å². The first-order valence-electron chi connectivity index (χ1n) is 25.0. The zero-order valence-electron chi connectivity index (χ0n) is 41.0. The molecule has 0 heterocycles. The summed E-state index contributed by atoms with van der Waals surface area (Å²) in [5, 5.41) is 0. The van der Waals surface area contributed by atoms with Crippen LogP contribution in [0.3, 0.4) is 0 Å². The van der Waals surface area contributed by atoms with Crippen molar-refractivity contribution >= 4 is 13.8 Å². The largest absolute Gasteiger partial charge is 0.472 e. The highest BCUT2D eigenvalue weighted by Crippen LogP contribution is 2.43. The summed E-state index contributed by atoms with van der Waals surface area (Å²) in [6.45, 7) is 5.34. The van der Waals surface area contributed by atoms with E-state index in [1.807, 2.05) is 27.2 Å². The summed E-state index contributed by atoms with van der Waals surface area (Å²) in [7, 11) is 1.60. The fourth-order valence-electron chi connectivity index (χ4n) is 6.34. The van der Waals surface area contributed by atoms with Gasteiger partial charge in [-0.25, -0.2) is 4.57 Å². The van der Waals surface area contributed by atoms with Crippen molar-refractivity contribution in [2.24, 2.45) is 0 Å². The predicted molar refractivity (Wildman–Crippen MR) is 270 cm³/mol. The molecule has 0 fully saturated rings. The lowest BCUT2D eigenvalue weighted by Crippen LogP contribution is -2.37. The SMILES string of the molecule is CC/C=C\C/C=C\C/C=C\C/C=C\C/C=C\CC(=O)OC(COCCCCCCCCCCCCC/C=C\C/C=C\C/C=C\CCCCCCC)COP(=O)(O)OCC[N+](C)(C)C. The van der Waals surface area contributed by atoms with Gasteiger partial charge in [-0.2, -0.15) is 0 Å². The quantitative estimate of drug-likeness (QED) is 0.0214. The molecule has 63 heavy (non-hydrogen) atoms. The molecular formula is C54H95NO7P+. The first-order chi connectivity index (χ1) is 30.6. The van der Waals surface area contributed by atoms with Gasteiger partial charge in [-0.15, -0.1) is 0 Å². The van der Waals surface area contributed by atoms with Crippen molar-refractivity contribution in [2.75, 3.05) is 54.1 Å². The summed E-state index contributed by atoms with van der Waals surface area (Å²) < 4.78 is 34.9. The van der Waals surface area contributed by atoms with Crippen LogP contribution >= 0.6 is 7.82 Å². The first kappa shape index (κ1) is 60.4. The molecule has 0 spiro atoms. The van der Waals surface area contributed by atoms with Crippen LogP contribution in [0.4, 0.5) is 0 Å². The molecule has 0 aliphatic carbocycles. The van der Waals surface area contributed by atoms with Gasteiger partial charge in [0, 0.05) is 6.61 Å². The summed E-state index contributed by atoms with van der Waals surface area (Å²) in [6.07, 6.45) is 63.5. The molecule has 0 aliphatic rings. The summed E-state index contributed by atoms with van der Waals surface area (Å²) in [6, 6.07) is 0. The minimum absolute atomic E-state index is 0.0666. The van der Waals surface area contributed by atoms with Gasteiger partial charge in [0.15, 0.2) is 0 Å². The lowest BCUT2D eigenvalue weighted by Gasteiger charge is -2.24. The third kappa shape index (κ3) is 50.3. The van der Waals surface area contributed by atoms with Crippen molar-refractivity contribution in [1.82, 2.24) is 0 Å². The number of esters is 1. The molecule has 8 nitrogen and oxygen atoms in total. The van der Waals surface area contributed by atoms with Crippen LogP contribution in [0, 0.1) is 0 Å². The highest BCUT2D eigenvalue weighted by Gasteiger charge is 2.26. The Kier molecular flexibility index (Phi) is 44.1. The highest BCUT2D eigenvalue weighted by atomic mass is 31.2. The number of unbranched alkanes of at least 4 members (excludes halogenated alkanes) is 16. The normalized spacial score (nSPS) is 14.4. The van der Waals surface area contributed by atoms with Gasteiger partial charge in [0.1, 0.15) is 19.3 Å². The van der Waals surface area contributed by atoms with Gasteiger partial charge in [0.25, 0.3) is 0 Å². The fraction of sp³-hybridized carbons (Fsp3) is 0.685. The van der Waals surface area contributed by atoms with Crippen LogP contribution in [0.15, 0.2) is 97.2 Å². The van der Waals surface area contributed by atoms with Crippen molar-refractivity contribution in [3.8, 4) is 0 Å². The molecular weight excluding hydrogens is 806 g/mol. The lowest BCUT2D eigenvalue weighted by atomic mass is 10.1. The minimum Gasteiger partial charge on any atom is -0.457 e. The van der Waals surface area contributed by atoms with Crippen LogP contribution in [-0.2, 0) is 27.9 Å². The molecule has 0 radical (unpaired) electrons. The topological polar surface area (TPSA) is 91.3 Å². The number of allylic oxidation sites excluding steroid dienone is 15. The van der Waals surface area contributed by atoms with E-state index in [-0.39, 0.29) is 26.2 Å². The van der Waals surface area contributed by atoms with E-state index in [4.69, 9.17) is 18.5 Å². The molecule has 0 aromatic heterocycles. The second-order valence-electron chi connectivity index (χ2n) is 17.5. The Hall–Kier alpha value is -2.58. The van der Waals surface area contributed by atoms with Crippen molar-refractivity contribution in [3.63, 3.8) is 0 Å². The maximum absolute atomic E-state index is 12.7. The monoisotopic (exact) mass is 901 g/mol. The number of hydrogen-bond acceptors (Lipinski definition) is 6. The number of quaternary nitrogens is 1. The van der Waals surface area contributed by atoms with Crippen LogP contribution in [0.2, 0.25) is 0 Å². The molecule has 2 unspecified atom stereocenters. The Morgan fingerprint density at radius 1 is 0.508 bits per heavy atom. The van der Waals surface area contributed by atoms with E-state index in [1.54, 1.807) is 6.08 Å². The van der Waals surface area contributed by atoms with Crippen LogP contribution in [0.5, 0.6) is 0 Å². The van der Waals surface area contributed by atoms with Crippen molar-refractivity contribution in [2.45, 2.75) is 187 Å². The molecule has 362 valence electrons. The summed E-state index contributed by atoms with van der Waals surface area (Å²) in [5.74, 6) is -0.444. The van der Waals surface area contributed by atoms with E-state index < -0.39 is 19.9 Å². The molecule has 0 bridgehead atoms. The molecule has 0 rings (SSSR count). The zero-order chi connectivity index (χ0) is 46.2. The average Bonchev–Trinajstić information content (AvgIpc) is 3.24. The molecule has 0 amide bonds. The third-order valence-corrected chi connectivity index (χ3v) is 11.1. The second kappa shape index (κ2) is 46.0. The number of likely N-dealkylation sites (N-methyl/N-ethyl adjacent to an activating group) is 1. The first-order valence-corrected chi connectivity index (χ1v) is 26.5. The number of rotatable bonds is 45. The fourth-order valence-corrected chi connectivity index (χ4v) is 7.08. The highest BCUT2D eigenvalue weighted by molar-refractivity contribution is 7.47.